The van der Waals surface area contributed by atoms with Crippen LogP contribution in [0.1, 0.15) is 50.8 Å². The zero-order valence-corrected chi connectivity index (χ0v) is 17.4. The van der Waals surface area contributed by atoms with Crippen molar-refractivity contribution in [2.24, 2.45) is 0 Å². The first-order valence-corrected chi connectivity index (χ1v) is 10.0. The lowest BCUT2D eigenvalue weighted by Gasteiger charge is -2.44. The van der Waals surface area contributed by atoms with Gasteiger partial charge in [0.2, 0.25) is 5.69 Å². The van der Waals surface area contributed by atoms with Crippen LogP contribution in [-0.4, -0.2) is 0 Å². The molecule has 0 bridgehead atoms. The molecule has 3 aromatic rings. The van der Waals surface area contributed by atoms with E-state index in [0.29, 0.717) is 0 Å². The van der Waals surface area contributed by atoms with Crippen LogP contribution >= 0.6 is 0 Å². The van der Waals surface area contributed by atoms with Gasteiger partial charge in [0, 0.05) is 25.5 Å². The van der Waals surface area contributed by atoms with Gasteiger partial charge >= 0.3 is 0 Å². The van der Waals surface area contributed by atoms with Gasteiger partial charge in [-0.15, -0.1) is 0 Å². The second-order valence-electron chi connectivity index (χ2n) is 8.79. The third-order valence-electron chi connectivity index (χ3n) is 7.10. The second kappa shape index (κ2) is 6.05. The Labute approximate surface area is 163 Å². The van der Waals surface area contributed by atoms with E-state index in [9.17, 15) is 0 Å². The van der Waals surface area contributed by atoms with Crippen LogP contribution in [0.5, 0.6) is 0 Å². The minimum Gasteiger partial charge on any atom is -0.192 e. The highest BCUT2D eigenvalue weighted by atomic mass is 15.1. The lowest BCUT2D eigenvalue weighted by molar-refractivity contribution is -0.764. The third kappa shape index (κ3) is 2.48. The normalized spacial score (nSPS) is 20.1. The molecule has 1 aliphatic rings. The van der Waals surface area contributed by atoms with Gasteiger partial charge in [0.1, 0.15) is 0 Å². The molecule has 0 spiro atoms. The molecule has 1 aromatic heterocycles. The highest BCUT2D eigenvalue weighted by molar-refractivity contribution is 5.76. The van der Waals surface area contributed by atoms with E-state index in [2.05, 4.69) is 107 Å². The number of fused-ring (bicyclic) bond motifs is 3. The molecule has 0 N–H and O–H groups in total. The van der Waals surface area contributed by atoms with E-state index in [-0.39, 0.29) is 11.0 Å². The summed E-state index contributed by atoms with van der Waals surface area (Å²) in [6.07, 6.45) is 3.36. The first-order chi connectivity index (χ1) is 12.8. The van der Waals surface area contributed by atoms with Crippen molar-refractivity contribution < 1.29 is 4.57 Å². The molecule has 0 radical (unpaired) electrons. The van der Waals surface area contributed by atoms with Gasteiger partial charge in [-0.05, 0) is 62.1 Å². The van der Waals surface area contributed by atoms with Gasteiger partial charge in [-0.25, -0.2) is 0 Å². The average molecular weight is 357 g/mol. The zero-order valence-electron chi connectivity index (χ0n) is 17.4. The summed E-state index contributed by atoms with van der Waals surface area (Å²) < 4.78 is 2.50. The lowest BCUT2D eigenvalue weighted by Crippen LogP contribution is -2.66. The number of benzene rings is 2. The molecule has 138 valence electrons. The predicted octanol–water partition coefficient (Wildman–Crippen LogP) is 6.34. The smallest absolute Gasteiger partial charge is 0.192 e. The fraction of sp³-hybridized carbons (Fsp3) is 0.346. The zero-order chi connectivity index (χ0) is 19.4. The highest BCUT2D eigenvalue weighted by Gasteiger charge is 2.54. The molecule has 4 rings (SSSR count). The summed E-state index contributed by atoms with van der Waals surface area (Å²) in [5.41, 5.74) is 9.52. The minimum atomic E-state index is 0.0519. The molecule has 1 atom stereocenters. The first-order valence-electron chi connectivity index (χ1n) is 10.0. The summed E-state index contributed by atoms with van der Waals surface area (Å²) in [5, 5.41) is 0. The van der Waals surface area contributed by atoms with Crippen molar-refractivity contribution in [2.45, 2.75) is 58.9 Å². The summed E-state index contributed by atoms with van der Waals surface area (Å²) in [5.74, 6) is 0. The molecule has 2 aromatic carbocycles. The molecule has 2 heterocycles. The van der Waals surface area contributed by atoms with Gasteiger partial charge in [-0.2, -0.15) is 4.57 Å². The maximum Gasteiger partial charge on any atom is 0.213 e. The Hall–Kier alpha value is -2.41. The molecule has 1 unspecified atom stereocenters. The van der Waals surface area contributed by atoms with Gasteiger partial charge in [-0.1, -0.05) is 42.8 Å². The largest absolute Gasteiger partial charge is 0.213 e. The topological polar surface area (TPSA) is 3.88 Å². The van der Waals surface area contributed by atoms with Crippen molar-refractivity contribution in [1.82, 2.24) is 0 Å². The molecule has 1 aliphatic heterocycles. The summed E-state index contributed by atoms with van der Waals surface area (Å²) in [6.45, 7) is 13.9. The van der Waals surface area contributed by atoms with E-state index in [1.165, 1.54) is 39.1 Å². The van der Waals surface area contributed by atoms with Crippen molar-refractivity contribution in [1.29, 1.82) is 0 Å². The molecular formula is C26H30N+. The average Bonchev–Trinajstić information content (AvgIpc) is 2.68. The van der Waals surface area contributed by atoms with E-state index in [4.69, 9.17) is 0 Å². The highest BCUT2D eigenvalue weighted by Crippen LogP contribution is 2.48. The van der Waals surface area contributed by atoms with Crippen molar-refractivity contribution in [3.05, 3.63) is 77.5 Å². The van der Waals surface area contributed by atoms with Crippen molar-refractivity contribution in [3.8, 4) is 22.4 Å². The molecular weight excluding hydrogens is 326 g/mol. The van der Waals surface area contributed by atoms with E-state index in [1.54, 1.807) is 0 Å². The molecule has 27 heavy (non-hydrogen) atoms. The number of pyridine rings is 1. The number of nitrogens with zero attached hydrogens (tertiary/aromatic N) is 1. The Morgan fingerprint density at radius 2 is 1.63 bits per heavy atom. The van der Waals surface area contributed by atoms with E-state index in [0.717, 1.165) is 6.42 Å². The van der Waals surface area contributed by atoms with Crippen LogP contribution in [-0.2, 0) is 11.0 Å². The van der Waals surface area contributed by atoms with E-state index >= 15 is 0 Å². The van der Waals surface area contributed by atoms with Crippen molar-refractivity contribution in [2.75, 3.05) is 0 Å². The Balaban J connectivity index is 2.01. The number of hydrogen-bond acceptors (Lipinski definition) is 0. The molecule has 0 aliphatic carbocycles. The van der Waals surface area contributed by atoms with E-state index < -0.39 is 0 Å². The van der Waals surface area contributed by atoms with Crippen molar-refractivity contribution in [3.63, 3.8) is 0 Å². The molecule has 1 nitrogen and oxygen atoms in total. The van der Waals surface area contributed by atoms with Crippen LogP contribution in [0.15, 0.2) is 60.8 Å². The second-order valence-corrected chi connectivity index (χ2v) is 8.79. The lowest BCUT2D eigenvalue weighted by atomic mass is 9.63. The van der Waals surface area contributed by atoms with Crippen LogP contribution in [0.2, 0.25) is 0 Å². The van der Waals surface area contributed by atoms with Crippen LogP contribution in [0.3, 0.4) is 0 Å². The third-order valence-corrected chi connectivity index (χ3v) is 7.10. The molecule has 0 amide bonds. The number of aryl methyl sites for hydroxylation is 2. The molecule has 0 saturated heterocycles. The number of rotatable bonds is 2. The van der Waals surface area contributed by atoms with Crippen molar-refractivity contribution >= 4 is 0 Å². The fourth-order valence-corrected chi connectivity index (χ4v) is 4.81. The standard InChI is InChI=1S/C26H30N/c1-7-26(6)25(4,5)23-14-13-20(21-16-18(2)11-12-19(21)3)17-22(23)24-10-8-9-15-27(24)26/h8-17H,7H2,1-6H3/q+1. The van der Waals surface area contributed by atoms with Gasteiger partial charge in [0.15, 0.2) is 11.7 Å². The predicted molar refractivity (Wildman–Crippen MR) is 114 cm³/mol. The fourth-order valence-electron chi connectivity index (χ4n) is 4.81. The Morgan fingerprint density at radius 3 is 2.37 bits per heavy atom. The van der Waals surface area contributed by atoms with Gasteiger partial charge in [0.25, 0.3) is 0 Å². The van der Waals surface area contributed by atoms with Gasteiger partial charge in [0.05, 0.1) is 11.0 Å². The first kappa shape index (κ1) is 18.0. The maximum atomic E-state index is 2.50. The Kier molecular flexibility index (Phi) is 4.03. The molecule has 1 heteroatoms. The molecule has 0 fully saturated rings. The number of aromatic nitrogens is 1. The van der Waals surface area contributed by atoms with Gasteiger partial charge in [-0.3, -0.25) is 0 Å². The van der Waals surface area contributed by atoms with Crippen LogP contribution < -0.4 is 4.57 Å². The SMILES string of the molecule is CCC1(C)[n+]2ccccc2-c2cc(-c3cc(C)ccc3C)ccc2C1(C)C. The minimum absolute atomic E-state index is 0.0519. The monoisotopic (exact) mass is 356 g/mol. The maximum absolute atomic E-state index is 2.50. The summed E-state index contributed by atoms with van der Waals surface area (Å²) >= 11 is 0. The van der Waals surface area contributed by atoms with Crippen LogP contribution in [0, 0.1) is 13.8 Å². The van der Waals surface area contributed by atoms with Gasteiger partial charge < -0.3 is 0 Å². The summed E-state index contributed by atoms with van der Waals surface area (Å²) in [6, 6.07) is 20.4. The molecule has 0 saturated carbocycles. The van der Waals surface area contributed by atoms with E-state index in [1.807, 2.05) is 0 Å². The summed E-state index contributed by atoms with van der Waals surface area (Å²) in [4.78, 5) is 0. The quantitative estimate of drug-likeness (QED) is 0.472. The van der Waals surface area contributed by atoms with Crippen LogP contribution in [0.4, 0.5) is 0 Å². The summed E-state index contributed by atoms with van der Waals surface area (Å²) in [7, 11) is 0. The van der Waals surface area contributed by atoms with Crippen LogP contribution in [0.25, 0.3) is 22.4 Å². The Morgan fingerprint density at radius 1 is 0.852 bits per heavy atom. The Bertz CT molecular complexity index is 1030. The number of hydrogen-bond donors (Lipinski definition) is 0.